The van der Waals surface area contributed by atoms with E-state index in [-0.39, 0.29) is 5.78 Å². The summed E-state index contributed by atoms with van der Waals surface area (Å²) in [5, 5.41) is 3.25. The number of carbonyl (C=O) groups excluding carboxylic acids is 1. The summed E-state index contributed by atoms with van der Waals surface area (Å²) in [6.45, 7) is 8.20. The Morgan fingerprint density at radius 1 is 1.33 bits per heavy atom. The van der Waals surface area contributed by atoms with Gasteiger partial charge in [-0.1, -0.05) is 0 Å². The first kappa shape index (κ1) is 12.2. The van der Waals surface area contributed by atoms with E-state index in [1.807, 2.05) is 6.92 Å². The minimum atomic E-state index is 0.111. The molecule has 0 aromatic rings. The molecule has 0 bridgehead atoms. The van der Waals surface area contributed by atoms with Crippen molar-refractivity contribution >= 4 is 5.78 Å². The number of nitrogens with zero attached hydrogens (tertiary/aromatic N) is 1. The van der Waals surface area contributed by atoms with Gasteiger partial charge in [0, 0.05) is 12.2 Å². The molecule has 15 heavy (non-hydrogen) atoms. The lowest BCUT2D eigenvalue weighted by Crippen LogP contribution is -2.24. The minimum Gasteiger partial charge on any atom is -0.388 e. The highest BCUT2D eigenvalue weighted by Crippen LogP contribution is 2.06. The molecular weight excluding hydrogens is 188 g/mol. The monoisotopic (exact) mass is 210 g/mol. The van der Waals surface area contributed by atoms with E-state index in [1.165, 1.54) is 32.5 Å². The summed E-state index contributed by atoms with van der Waals surface area (Å²) in [5.41, 5.74) is 0.976. The number of hydrogen-bond donors (Lipinski definition) is 1. The van der Waals surface area contributed by atoms with Crippen LogP contribution in [0.4, 0.5) is 0 Å². The van der Waals surface area contributed by atoms with Crippen LogP contribution in [0.15, 0.2) is 11.8 Å². The van der Waals surface area contributed by atoms with Crippen LogP contribution in [0.1, 0.15) is 33.1 Å². The Balaban J connectivity index is 2.03. The second kappa shape index (κ2) is 6.62. The number of ketones is 1. The van der Waals surface area contributed by atoms with Gasteiger partial charge in [-0.3, -0.25) is 4.79 Å². The molecule has 0 saturated carbocycles. The molecule has 1 N–H and O–H groups in total. The van der Waals surface area contributed by atoms with Crippen LogP contribution < -0.4 is 5.32 Å². The largest absolute Gasteiger partial charge is 0.388 e. The Bertz CT molecular complexity index is 230. The standard InChI is InChI=1S/C12H22N2O/c1-11(10-12(2)15)13-6-5-9-14-7-3-4-8-14/h10,13H,3-9H2,1-2H3/b11-10-. The van der Waals surface area contributed by atoms with Crippen LogP contribution >= 0.6 is 0 Å². The number of likely N-dealkylation sites (tertiary alicyclic amines) is 1. The molecule has 0 radical (unpaired) electrons. The van der Waals surface area contributed by atoms with E-state index in [0.29, 0.717) is 0 Å². The maximum absolute atomic E-state index is 10.8. The van der Waals surface area contributed by atoms with Crippen LogP contribution in [-0.2, 0) is 4.79 Å². The lowest BCUT2D eigenvalue weighted by molar-refractivity contribution is -0.112. The Morgan fingerprint density at radius 3 is 2.60 bits per heavy atom. The predicted molar refractivity (Wildman–Crippen MR) is 62.7 cm³/mol. The van der Waals surface area contributed by atoms with E-state index in [2.05, 4.69) is 10.2 Å². The lowest BCUT2D eigenvalue weighted by Gasteiger charge is -2.14. The van der Waals surface area contributed by atoms with Gasteiger partial charge in [-0.05, 0) is 58.8 Å². The highest BCUT2D eigenvalue weighted by Gasteiger charge is 2.09. The first-order valence-corrected chi connectivity index (χ1v) is 5.83. The van der Waals surface area contributed by atoms with Crippen LogP contribution in [0.2, 0.25) is 0 Å². The van der Waals surface area contributed by atoms with Crippen LogP contribution in [0, 0.1) is 0 Å². The van der Waals surface area contributed by atoms with Gasteiger partial charge in [-0.25, -0.2) is 0 Å². The Labute approximate surface area is 92.5 Å². The van der Waals surface area contributed by atoms with Crippen molar-refractivity contribution in [3.05, 3.63) is 11.8 Å². The van der Waals surface area contributed by atoms with Gasteiger partial charge in [0.2, 0.25) is 0 Å². The normalized spacial score (nSPS) is 18.1. The molecule has 1 rings (SSSR count). The summed E-state index contributed by atoms with van der Waals surface area (Å²) in [7, 11) is 0. The Kier molecular flexibility index (Phi) is 5.40. The number of nitrogens with one attached hydrogen (secondary N) is 1. The maximum Gasteiger partial charge on any atom is 0.154 e. The average molecular weight is 210 g/mol. The molecule has 1 aliphatic rings. The third-order valence-electron chi connectivity index (χ3n) is 2.67. The van der Waals surface area contributed by atoms with E-state index in [1.54, 1.807) is 13.0 Å². The van der Waals surface area contributed by atoms with Gasteiger partial charge in [0.1, 0.15) is 0 Å². The fourth-order valence-corrected chi connectivity index (χ4v) is 1.95. The molecule has 1 saturated heterocycles. The van der Waals surface area contributed by atoms with E-state index in [9.17, 15) is 4.79 Å². The van der Waals surface area contributed by atoms with Crippen LogP contribution in [-0.4, -0.2) is 36.9 Å². The summed E-state index contributed by atoms with van der Waals surface area (Å²) >= 11 is 0. The van der Waals surface area contributed by atoms with Crippen molar-refractivity contribution in [2.24, 2.45) is 0 Å². The van der Waals surface area contributed by atoms with E-state index >= 15 is 0 Å². The quantitative estimate of drug-likeness (QED) is 0.533. The van der Waals surface area contributed by atoms with Gasteiger partial charge < -0.3 is 10.2 Å². The summed E-state index contributed by atoms with van der Waals surface area (Å²) < 4.78 is 0. The van der Waals surface area contributed by atoms with Crippen LogP contribution in [0.25, 0.3) is 0 Å². The summed E-state index contributed by atoms with van der Waals surface area (Å²) in [6, 6.07) is 0. The molecule has 0 aromatic carbocycles. The fourth-order valence-electron chi connectivity index (χ4n) is 1.95. The Morgan fingerprint density at radius 2 is 2.00 bits per heavy atom. The maximum atomic E-state index is 10.8. The highest BCUT2D eigenvalue weighted by atomic mass is 16.1. The van der Waals surface area contributed by atoms with E-state index in [4.69, 9.17) is 0 Å². The molecule has 0 amide bonds. The average Bonchev–Trinajstić information content (AvgIpc) is 2.63. The van der Waals surface area contributed by atoms with Gasteiger partial charge in [0.25, 0.3) is 0 Å². The molecule has 1 fully saturated rings. The summed E-state index contributed by atoms with van der Waals surface area (Å²) in [6.07, 6.45) is 5.52. The second-order valence-corrected chi connectivity index (χ2v) is 4.27. The first-order chi connectivity index (χ1) is 7.18. The molecule has 3 nitrogen and oxygen atoms in total. The van der Waals surface area contributed by atoms with Crippen molar-refractivity contribution in [1.82, 2.24) is 10.2 Å². The van der Waals surface area contributed by atoms with E-state index < -0.39 is 0 Å². The molecule has 0 aliphatic carbocycles. The number of carbonyl (C=O) groups is 1. The summed E-state index contributed by atoms with van der Waals surface area (Å²) in [4.78, 5) is 13.3. The third-order valence-corrected chi connectivity index (χ3v) is 2.67. The van der Waals surface area contributed by atoms with Gasteiger partial charge in [-0.15, -0.1) is 0 Å². The van der Waals surface area contributed by atoms with Crippen molar-refractivity contribution in [1.29, 1.82) is 0 Å². The SMILES string of the molecule is CC(=O)/C=C(/C)NCCCN1CCCC1. The smallest absolute Gasteiger partial charge is 0.154 e. The molecule has 1 heterocycles. The van der Waals surface area contributed by atoms with E-state index in [0.717, 1.165) is 18.7 Å². The Hall–Kier alpha value is -0.830. The van der Waals surface area contributed by atoms with Crippen molar-refractivity contribution < 1.29 is 4.79 Å². The lowest BCUT2D eigenvalue weighted by atomic mass is 10.3. The van der Waals surface area contributed by atoms with Crippen molar-refractivity contribution in [2.75, 3.05) is 26.2 Å². The molecule has 86 valence electrons. The number of hydrogen-bond acceptors (Lipinski definition) is 3. The van der Waals surface area contributed by atoms with Gasteiger partial charge >= 0.3 is 0 Å². The number of rotatable bonds is 6. The van der Waals surface area contributed by atoms with Crippen molar-refractivity contribution in [3.63, 3.8) is 0 Å². The predicted octanol–water partition coefficient (Wildman–Crippen LogP) is 1.55. The minimum absolute atomic E-state index is 0.111. The topological polar surface area (TPSA) is 32.3 Å². The second-order valence-electron chi connectivity index (χ2n) is 4.27. The van der Waals surface area contributed by atoms with Gasteiger partial charge in [0.05, 0.1) is 0 Å². The van der Waals surface area contributed by atoms with Crippen molar-refractivity contribution in [3.8, 4) is 0 Å². The molecule has 0 atom stereocenters. The zero-order chi connectivity index (χ0) is 11.1. The van der Waals surface area contributed by atoms with Crippen LogP contribution in [0.3, 0.4) is 0 Å². The zero-order valence-electron chi connectivity index (χ0n) is 9.88. The summed E-state index contributed by atoms with van der Waals surface area (Å²) in [5.74, 6) is 0.111. The third kappa shape index (κ3) is 5.57. The molecule has 1 aliphatic heterocycles. The van der Waals surface area contributed by atoms with Crippen LogP contribution in [0.5, 0.6) is 0 Å². The molecule has 0 aromatic heterocycles. The molecule has 0 unspecified atom stereocenters. The first-order valence-electron chi connectivity index (χ1n) is 5.83. The van der Waals surface area contributed by atoms with Crippen molar-refractivity contribution in [2.45, 2.75) is 33.1 Å². The fraction of sp³-hybridized carbons (Fsp3) is 0.750. The highest BCUT2D eigenvalue weighted by molar-refractivity contribution is 5.87. The van der Waals surface area contributed by atoms with Gasteiger partial charge in [0.15, 0.2) is 5.78 Å². The molecule has 3 heteroatoms. The zero-order valence-corrected chi connectivity index (χ0v) is 9.88. The molecular formula is C12H22N2O. The van der Waals surface area contributed by atoms with Gasteiger partial charge in [-0.2, -0.15) is 0 Å². The number of allylic oxidation sites excluding steroid dienone is 2. The molecule has 0 spiro atoms.